The number of nitrogens with zero attached hydrogens (tertiary/aromatic N) is 1. The van der Waals surface area contributed by atoms with Crippen LogP contribution in [0, 0.1) is 0 Å². The van der Waals surface area contributed by atoms with Crippen molar-refractivity contribution >= 4 is 27.6 Å². The molecule has 1 atom stereocenters. The minimum atomic E-state index is -3.12. The molecule has 0 radical (unpaired) electrons. The Bertz CT molecular complexity index is 445. The summed E-state index contributed by atoms with van der Waals surface area (Å²) in [6.07, 6.45) is 2.08. The summed E-state index contributed by atoms with van der Waals surface area (Å²) in [5.74, 6) is 0.651. The van der Waals surface area contributed by atoms with Crippen LogP contribution in [0.2, 0.25) is 0 Å². The van der Waals surface area contributed by atoms with Crippen molar-refractivity contribution in [1.29, 1.82) is 0 Å². The van der Waals surface area contributed by atoms with E-state index in [9.17, 15) is 13.2 Å². The first-order chi connectivity index (χ1) is 8.92. The highest BCUT2D eigenvalue weighted by molar-refractivity contribution is 8.01. The van der Waals surface area contributed by atoms with Gasteiger partial charge < -0.3 is 5.11 Å². The summed E-state index contributed by atoms with van der Waals surface area (Å²) >= 11 is 1.64. The first-order valence-electron chi connectivity index (χ1n) is 6.38. The predicted molar refractivity (Wildman–Crippen MR) is 78.2 cm³/mol. The lowest BCUT2D eigenvalue weighted by Gasteiger charge is -2.33. The maximum Gasteiger partial charge on any atom is 0.331 e. The molecule has 1 heterocycles. The Labute approximate surface area is 119 Å². The Balaban J connectivity index is 2.82. The molecule has 1 fully saturated rings. The molecule has 7 heteroatoms. The highest BCUT2D eigenvalue weighted by Gasteiger charge is 2.32. The quantitative estimate of drug-likeness (QED) is 0.744. The van der Waals surface area contributed by atoms with Crippen LogP contribution < -0.4 is 0 Å². The lowest BCUT2D eigenvalue weighted by atomic mass is 10.2. The van der Waals surface area contributed by atoms with E-state index in [2.05, 4.69) is 0 Å². The Kier molecular flexibility index (Phi) is 6.35. The minimum absolute atomic E-state index is 0.123. The first kappa shape index (κ1) is 16.5. The normalized spacial score (nSPS) is 22.4. The van der Waals surface area contributed by atoms with Crippen LogP contribution in [0.3, 0.4) is 0 Å². The molecule has 0 saturated carbocycles. The van der Waals surface area contributed by atoms with Crippen LogP contribution in [-0.2, 0) is 14.6 Å². The second-order valence-corrected chi connectivity index (χ2v) is 7.96. The second kappa shape index (κ2) is 7.31. The summed E-state index contributed by atoms with van der Waals surface area (Å²) in [4.78, 5) is 12.8. The molecule has 0 aromatic heterocycles. The van der Waals surface area contributed by atoms with Crippen LogP contribution in [0.1, 0.15) is 20.3 Å². The van der Waals surface area contributed by atoms with E-state index in [0.29, 0.717) is 30.8 Å². The molecule has 1 rings (SSSR count). The third-order valence-electron chi connectivity index (χ3n) is 3.24. The van der Waals surface area contributed by atoms with Gasteiger partial charge >= 0.3 is 5.97 Å². The van der Waals surface area contributed by atoms with E-state index in [1.807, 2.05) is 4.90 Å². The molecule has 0 aromatic rings. The van der Waals surface area contributed by atoms with E-state index in [1.165, 1.54) is 0 Å². The van der Waals surface area contributed by atoms with E-state index in [0.717, 1.165) is 5.75 Å². The monoisotopic (exact) mass is 307 g/mol. The summed E-state index contributed by atoms with van der Waals surface area (Å²) in [5.41, 5.74) is 0.339. The number of aliphatic carboxylic acids is 1. The standard InChI is InChI=1S/C12H21NO4S2/c1-3-10(12(14)15)5-6-13-7-8-18-9-11(13)19(16,17)4-2/h5,11H,3-4,6-9H2,1-2H3,(H,14,15). The van der Waals surface area contributed by atoms with Crippen LogP contribution >= 0.6 is 11.8 Å². The molecule has 1 N–H and O–H groups in total. The van der Waals surface area contributed by atoms with E-state index < -0.39 is 21.2 Å². The Hall–Kier alpha value is -0.530. The molecule has 1 aliphatic heterocycles. The Morgan fingerprint density at radius 3 is 2.68 bits per heavy atom. The van der Waals surface area contributed by atoms with Crippen LogP contribution in [0.15, 0.2) is 11.6 Å². The number of carboxylic acids is 1. The number of thioether (sulfide) groups is 1. The molecular formula is C12H21NO4S2. The summed E-state index contributed by atoms with van der Waals surface area (Å²) in [6, 6.07) is 0. The van der Waals surface area contributed by atoms with Gasteiger partial charge in [0.2, 0.25) is 0 Å². The zero-order valence-corrected chi connectivity index (χ0v) is 13.0. The number of carboxylic acid groups (broad SMARTS) is 1. The third-order valence-corrected chi connectivity index (χ3v) is 6.57. The number of carbonyl (C=O) groups is 1. The average molecular weight is 307 g/mol. The number of hydrogen-bond donors (Lipinski definition) is 1. The summed E-state index contributed by atoms with van der Waals surface area (Å²) in [5, 5.41) is 8.48. The van der Waals surface area contributed by atoms with Gasteiger partial charge in [-0.2, -0.15) is 11.8 Å². The molecule has 0 bridgehead atoms. The molecule has 5 nitrogen and oxygen atoms in total. The number of rotatable bonds is 6. The first-order valence-corrected chi connectivity index (χ1v) is 9.25. The van der Waals surface area contributed by atoms with Gasteiger partial charge in [0, 0.05) is 35.9 Å². The smallest absolute Gasteiger partial charge is 0.331 e. The van der Waals surface area contributed by atoms with Crippen LogP contribution in [0.5, 0.6) is 0 Å². The fourth-order valence-electron chi connectivity index (χ4n) is 1.96. The maximum absolute atomic E-state index is 12.0. The molecular weight excluding hydrogens is 286 g/mol. The SMILES string of the molecule is CCC(=CCN1CCSCC1S(=O)(=O)CC)C(=O)O. The topological polar surface area (TPSA) is 74.7 Å². The molecule has 1 unspecified atom stereocenters. The molecule has 0 spiro atoms. The van der Waals surface area contributed by atoms with Gasteiger partial charge in [0.15, 0.2) is 9.84 Å². The zero-order chi connectivity index (χ0) is 14.5. The van der Waals surface area contributed by atoms with E-state index in [4.69, 9.17) is 5.11 Å². The van der Waals surface area contributed by atoms with Gasteiger partial charge in [-0.1, -0.05) is 19.9 Å². The van der Waals surface area contributed by atoms with Gasteiger partial charge in [-0.25, -0.2) is 13.2 Å². The fraction of sp³-hybridized carbons (Fsp3) is 0.750. The summed E-state index contributed by atoms with van der Waals surface area (Å²) in [7, 11) is -3.12. The third kappa shape index (κ3) is 4.50. The Morgan fingerprint density at radius 1 is 1.47 bits per heavy atom. The largest absolute Gasteiger partial charge is 0.478 e. The molecule has 0 aliphatic carbocycles. The lowest BCUT2D eigenvalue weighted by Crippen LogP contribution is -2.47. The van der Waals surface area contributed by atoms with Crippen LogP contribution in [0.4, 0.5) is 0 Å². The summed E-state index contributed by atoms with van der Waals surface area (Å²) in [6.45, 7) is 4.51. The minimum Gasteiger partial charge on any atom is -0.478 e. The molecule has 19 heavy (non-hydrogen) atoms. The van der Waals surface area contributed by atoms with E-state index in [-0.39, 0.29) is 5.75 Å². The van der Waals surface area contributed by atoms with Crippen molar-refractivity contribution in [3.8, 4) is 0 Å². The molecule has 110 valence electrons. The fourth-order valence-corrected chi connectivity index (χ4v) is 5.05. The number of hydrogen-bond acceptors (Lipinski definition) is 5. The number of sulfone groups is 1. The highest BCUT2D eigenvalue weighted by Crippen LogP contribution is 2.21. The van der Waals surface area contributed by atoms with Gasteiger partial charge in [0.1, 0.15) is 5.37 Å². The lowest BCUT2D eigenvalue weighted by molar-refractivity contribution is -0.132. The van der Waals surface area contributed by atoms with Crippen LogP contribution in [0.25, 0.3) is 0 Å². The summed E-state index contributed by atoms with van der Waals surface area (Å²) < 4.78 is 24.0. The molecule has 0 aromatic carbocycles. The average Bonchev–Trinajstić information content (AvgIpc) is 2.39. The predicted octanol–water partition coefficient (Wildman–Crippen LogP) is 1.22. The molecule has 0 amide bonds. The van der Waals surface area contributed by atoms with Crippen molar-refractivity contribution in [2.45, 2.75) is 25.6 Å². The van der Waals surface area contributed by atoms with Crippen molar-refractivity contribution in [2.75, 3.05) is 30.3 Å². The van der Waals surface area contributed by atoms with Gasteiger partial charge in [0.25, 0.3) is 0 Å². The van der Waals surface area contributed by atoms with Gasteiger partial charge in [-0.3, -0.25) is 4.90 Å². The van der Waals surface area contributed by atoms with Gasteiger partial charge in [-0.05, 0) is 6.42 Å². The van der Waals surface area contributed by atoms with Crippen molar-refractivity contribution in [1.82, 2.24) is 4.90 Å². The van der Waals surface area contributed by atoms with Crippen LogP contribution in [-0.4, -0.2) is 60.1 Å². The van der Waals surface area contributed by atoms with Crippen molar-refractivity contribution in [3.63, 3.8) is 0 Å². The Morgan fingerprint density at radius 2 is 2.16 bits per heavy atom. The molecule has 1 aliphatic rings. The molecule has 1 saturated heterocycles. The van der Waals surface area contributed by atoms with Crippen molar-refractivity contribution in [2.24, 2.45) is 0 Å². The van der Waals surface area contributed by atoms with Gasteiger partial charge in [0.05, 0.1) is 0 Å². The van der Waals surface area contributed by atoms with E-state index >= 15 is 0 Å². The highest BCUT2D eigenvalue weighted by atomic mass is 32.2. The van der Waals surface area contributed by atoms with Gasteiger partial charge in [-0.15, -0.1) is 0 Å². The maximum atomic E-state index is 12.0. The zero-order valence-electron chi connectivity index (χ0n) is 11.3. The second-order valence-electron chi connectivity index (χ2n) is 4.36. The van der Waals surface area contributed by atoms with E-state index in [1.54, 1.807) is 31.7 Å². The van der Waals surface area contributed by atoms with Crippen molar-refractivity contribution in [3.05, 3.63) is 11.6 Å². The van der Waals surface area contributed by atoms with Crippen molar-refractivity contribution < 1.29 is 18.3 Å².